The first kappa shape index (κ1) is 26.7. The molecule has 196 valence electrons. The van der Waals surface area contributed by atoms with Gasteiger partial charge < -0.3 is 9.64 Å². The fourth-order valence-electron chi connectivity index (χ4n) is 4.25. The van der Waals surface area contributed by atoms with E-state index >= 15 is 0 Å². The van der Waals surface area contributed by atoms with Gasteiger partial charge in [0.05, 0.1) is 29.5 Å². The van der Waals surface area contributed by atoms with E-state index in [1.54, 1.807) is 29.9 Å². The standard InChI is InChI=1S/C31H26BrN3O3S/c1-38-26-15-13-25(14-16-26)35-30(37)27-18-24(32)12-17-28(27)33-31(35)39-21-29(36)34(19-22-8-4-2-5-9-22)20-23-10-6-3-7-11-23/h2-18H,19-21H2,1H3. The summed E-state index contributed by atoms with van der Waals surface area (Å²) < 4.78 is 7.64. The van der Waals surface area contributed by atoms with Crippen molar-refractivity contribution in [1.82, 2.24) is 14.5 Å². The molecular formula is C31H26BrN3O3S. The molecule has 0 aliphatic carbocycles. The van der Waals surface area contributed by atoms with Gasteiger partial charge in [-0.15, -0.1) is 0 Å². The lowest BCUT2D eigenvalue weighted by Crippen LogP contribution is -2.32. The first-order valence-corrected chi connectivity index (χ1v) is 14.1. The monoisotopic (exact) mass is 599 g/mol. The number of carbonyl (C=O) groups is 1. The van der Waals surface area contributed by atoms with Gasteiger partial charge in [0.25, 0.3) is 5.56 Å². The van der Waals surface area contributed by atoms with Crippen molar-refractivity contribution < 1.29 is 9.53 Å². The number of rotatable bonds is 9. The van der Waals surface area contributed by atoms with Crippen LogP contribution in [-0.2, 0) is 17.9 Å². The highest BCUT2D eigenvalue weighted by Gasteiger charge is 2.19. The summed E-state index contributed by atoms with van der Waals surface area (Å²) in [6.45, 7) is 0.971. The van der Waals surface area contributed by atoms with E-state index in [1.165, 1.54) is 11.8 Å². The molecule has 0 saturated carbocycles. The van der Waals surface area contributed by atoms with Gasteiger partial charge in [0, 0.05) is 17.6 Å². The highest BCUT2D eigenvalue weighted by atomic mass is 79.9. The number of ether oxygens (including phenoxy) is 1. The van der Waals surface area contributed by atoms with Crippen molar-refractivity contribution in [2.75, 3.05) is 12.9 Å². The lowest BCUT2D eigenvalue weighted by molar-refractivity contribution is -0.129. The molecule has 8 heteroatoms. The van der Waals surface area contributed by atoms with Crippen LogP contribution in [0.1, 0.15) is 11.1 Å². The Hall–Kier alpha value is -3.88. The molecule has 0 unspecified atom stereocenters. The molecule has 1 aromatic heterocycles. The fraction of sp³-hybridized carbons (Fsp3) is 0.129. The topological polar surface area (TPSA) is 64.4 Å². The van der Waals surface area contributed by atoms with Crippen molar-refractivity contribution in [3.05, 3.63) is 129 Å². The van der Waals surface area contributed by atoms with Crippen LogP contribution in [0.3, 0.4) is 0 Å². The molecule has 0 aliphatic rings. The van der Waals surface area contributed by atoms with Crippen LogP contribution >= 0.6 is 27.7 Å². The first-order valence-electron chi connectivity index (χ1n) is 12.4. The van der Waals surface area contributed by atoms with Crippen LogP contribution in [-0.4, -0.2) is 33.2 Å². The van der Waals surface area contributed by atoms with Crippen molar-refractivity contribution >= 4 is 44.5 Å². The number of hydrogen-bond donors (Lipinski definition) is 0. The molecule has 0 saturated heterocycles. The van der Waals surface area contributed by atoms with E-state index in [9.17, 15) is 9.59 Å². The molecule has 0 spiro atoms. The van der Waals surface area contributed by atoms with Gasteiger partial charge in [0.1, 0.15) is 5.75 Å². The zero-order valence-corrected chi connectivity index (χ0v) is 23.7. The molecule has 1 amide bonds. The van der Waals surface area contributed by atoms with Crippen LogP contribution in [0.4, 0.5) is 0 Å². The van der Waals surface area contributed by atoms with E-state index in [4.69, 9.17) is 9.72 Å². The zero-order valence-electron chi connectivity index (χ0n) is 21.3. The largest absolute Gasteiger partial charge is 0.497 e. The number of thioether (sulfide) groups is 1. The molecule has 39 heavy (non-hydrogen) atoms. The van der Waals surface area contributed by atoms with Gasteiger partial charge in [-0.2, -0.15) is 0 Å². The zero-order chi connectivity index (χ0) is 27.2. The van der Waals surface area contributed by atoms with Gasteiger partial charge in [0.15, 0.2) is 5.16 Å². The number of halogens is 1. The Morgan fingerprint density at radius 3 is 2.10 bits per heavy atom. The second-order valence-corrected chi connectivity index (χ2v) is 10.8. The number of hydrogen-bond acceptors (Lipinski definition) is 5. The SMILES string of the molecule is COc1ccc(-n2c(SCC(=O)N(Cc3ccccc3)Cc3ccccc3)nc3ccc(Br)cc3c2=O)cc1. The summed E-state index contributed by atoms with van der Waals surface area (Å²) in [7, 11) is 1.60. The van der Waals surface area contributed by atoms with Gasteiger partial charge in [-0.05, 0) is 53.6 Å². The second-order valence-electron chi connectivity index (χ2n) is 8.90. The van der Waals surface area contributed by atoms with Gasteiger partial charge in [0.2, 0.25) is 5.91 Å². The van der Waals surface area contributed by atoms with E-state index in [0.717, 1.165) is 15.6 Å². The van der Waals surface area contributed by atoms with Crippen LogP contribution in [0.5, 0.6) is 5.75 Å². The molecule has 0 radical (unpaired) electrons. The summed E-state index contributed by atoms with van der Waals surface area (Å²) in [5.41, 5.74) is 3.13. The molecule has 0 aliphatic heterocycles. The minimum Gasteiger partial charge on any atom is -0.497 e. The molecule has 6 nitrogen and oxygen atoms in total. The summed E-state index contributed by atoms with van der Waals surface area (Å²) >= 11 is 4.72. The Kier molecular flexibility index (Phi) is 8.44. The Morgan fingerprint density at radius 1 is 0.897 bits per heavy atom. The third kappa shape index (κ3) is 6.41. The number of aromatic nitrogens is 2. The van der Waals surface area contributed by atoms with Gasteiger partial charge in [-0.1, -0.05) is 88.4 Å². The average Bonchev–Trinajstić information content (AvgIpc) is 2.97. The number of fused-ring (bicyclic) bond motifs is 1. The normalized spacial score (nSPS) is 10.9. The Morgan fingerprint density at radius 2 is 1.51 bits per heavy atom. The maximum atomic E-state index is 13.7. The Balaban J connectivity index is 1.47. The number of nitrogens with zero attached hydrogens (tertiary/aromatic N) is 3. The van der Waals surface area contributed by atoms with Crippen molar-refractivity contribution in [3.63, 3.8) is 0 Å². The molecule has 0 N–H and O–H groups in total. The van der Waals surface area contributed by atoms with Crippen LogP contribution in [0.25, 0.3) is 16.6 Å². The van der Waals surface area contributed by atoms with E-state index in [0.29, 0.717) is 40.6 Å². The summed E-state index contributed by atoms with van der Waals surface area (Å²) in [5.74, 6) is 0.772. The molecule has 5 rings (SSSR count). The predicted octanol–water partition coefficient (Wildman–Crippen LogP) is 6.48. The predicted molar refractivity (Wildman–Crippen MR) is 159 cm³/mol. The molecule has 1 heterocycles. The Bertz CT molecular complexity index is 1600. The summed E-state index contributed by atoms with van der Waals surface area (Å²) in [5, 5.41) is 0.943. The third-order valence-corrected chi connectivity index (χ3v) is 7.66. The van der Waals surface area contributed by atoms with Crippen LogP contribution < -0.4 is 10.3 Å². The minimum atomic E-state index is -0.202. The number of benzene rings is 4. The van der Waals surface area contributed by atoms with Gasteiger partial charge >= 0.3 is 0 Å². The van der Waals surface area contributed by atoms with E-state index in [2.05, 4.69) is 15.9 Å². The number of methoxy groups -OCH3 is 1. The van der Waals surface area contributed by atoms with Crippen molar-refractivity contribution in [3.8, 4) is 11.4 Å². The van der Waals surface area contributed by atoms with Gasteiger partial charge in [-0.25, -0.2) is 4.98 Å². The molecule has 0 fully saturated rings. The molecular weight excluding hydrogens is 574 g/mol. The fourth-order valence-corrected chi connectivity index (χ4v) is 5.53. The molecule has 0 atom stereocenters. The van der Waals surface area contributed by atoms with E-state index in [1.807, 2.05) is 89.8 Å². The van der Waals surface area contributed by atoms with Crippen LogP contribution in [0.2, 0.25) is 0 Å². The highest BCUT2D eigenvalue weighted by molar-refractivity contribution is 9.10. The summed E-state index contributed by atoms with van der Waals surface area (Å²) in [4.78, 5) is 33.9. The smallest absolute Gasteiger partial charge is 0.266 e. The van der Waals surface area contributed by atoms with E-state index in [-0.39, 0.29) is 17.2 Å². The molecule has 0 bridgehead atoms. The van der Waals surface area contributed by atoms with Crippen LogP contribution in [0, 0.1) is 0 Å². The lowest BCUT2D eigenvalue weighted by atomic mass is 10.1. The van der Waals surface area contributed by atoms with Crippen LogP contribution in [0.15, 0.2) is 118 Å². The van der Waals surface area contributed by atoms with E-state index < -0.39 is 0 Å². The minimum absolute atomic E-state index is 0.0425. The highest BCUT2D eigenvalue weighted by Crippen LogP contribution is 2.25. The summed E-state index contributed by atoms with van der Waals surface area (Å²) in [6.07, 6.45) is 0. The van der Waals surface area contributed by atoms with Gasteiger partial charge in [-0.3, -0.25) is 14.2 Å². The van der Waals surface area contributed by atoms with Crippen molar-refractivity contribution in [1.29, 1.82) is 0 Å². The molecule has 4 aromatic carbocycles. The van der Waals surface area contributed by atoms with Crippen molar-refractivity contribution in [2.24, 2.45) is 0 Å². The number of amides is 1. The molecule has 5 aromatic rings. The second kappa shape index (κ2) is 12.3. The number of carbonyl (C=O) groups excluding carboxylic acids is 1. The van der Waals surface area contributed by atoms with Crippen molar-refractivity contribution in [2.45, 2.75) is 18.2 Å². The lowest BCUT2D eigenvalue weighted by Gasteiger charge is -2.23. The maximum Gasteiger partial charge on any atom is 0.266 e. The Labute approximate surface area is 239 Å². The first-order chi connectivity index (χ1) is 19.0. The third-order valence-electron chi connectivity index (χ3n) is 6.24. The summed E-state index contributed by atoms with van der Waals surface area (Å²) in [6, 6.07) is 32.5. The quantitative estimate of drug-likeness (QED) is 0.143. The average molecular weight is 601 g/mol. The maximum absolute atomic E-state index is 13.7.